The van der Waals surface area contributed by atoms with E-state index in [2.05, 4.69) is 25.8 Å². The van der Waals surface area contributed by atoms with E-state index in [-0.39, 0.29) is 23.6 Å². The van der Waals surface area contributed by atoms with Gasteiger partial charge in [-0.3, -0.25) is 0 Å². The minimum absolute atomic E-state index is 0.161. The first-order chi connectivity index (χ1) is 13.9. The number of oxazole rings is 1. The fraction of sp³-hybridized carbons (Fsp3) is 0.652. The first-order valence-corrected chi connectivity index (χ1v) is 12.0. The van der Waals surface area contributed by atoms with Gasteiger partial charge in [-0.15, -0.1) is 11.8 Å². The third-order valence-electron chi connectivity index (χ3n) is 5.68. The summed E-state index contributed by atoms with van der Waals surface area (Å²) < 4.78 is 11.8. The third kappa shape index (κ3) is 4.31. The highest BCUT2D eigenvalue weighted by molar-refractivity contribution is 8.00. The Morgan fingerprint density at radius 2 is 1.80 bits per heavy atom. The van der Waals surface area contributed by atoms with Gasteiger partial charge in [0.15, 0.2) is 5.58 Å². The summed E-state index contributed by atoms with van der Waals surface area (Å²) in [7, 11) is 0. The van der Waals surface area contributed by atoms with Crippen molar-refractivity contribution in [3.8, 4) is 0 Å². The summed E-state index contributed by atoms with van der Waals surface area (Å²) in [5.74, 6) is 0.724. The standard InChI is InChI=1S/C23H31ClN2O3S/c1-22(2,3)20-25-17-10-9-16(24)19(18(17)28-20)30-15-11-13-7-8-14(12-15)26(13)21(27)29-23(4,5)6/h9-10,13-15H,7-8,11-12H2,1-6H3/t13-,14+,15-. The Morgan fingerprint density at radius 1 is 1.17 bits per heavy atom. The Hall–Kier alpha value is -1.40. The fourth-order valence-corrected chi connectivity index (χ4v) is 6.06. The number of ether oxygens (including phenoxy) is 1. The van der Waals surface area contributed by atoms with Crippen molar-refractivity contribution < 1.29 is 13.9 Å². The van der Waals surface area contributed by atoms with Crippen molar-refractivity contribution in [1.29, 1.82) is 0 Å². The molecule has 1 aromatic carbocycles. The maximum atomic E-state index is 12.7. The summed E-state index contributed by atoms with van der Waals surface area (Å²) >= 11 is 8.37. The summed E-state index contributed by atoms with van der Waals surface area (Å²) in [5, 5.41) is 1.08. The molecule has 0 saturated carbocycles. The number of hydrogen-bond donors (Lipinski definition) is 0. The van der Waals surface area contributed by atoms with Gasteiger partial charge < -0.3 is 14.1 Å². The zero-order valence-electron chi connectivity index (χ0n) is 18.6. The van der Waals surface area contributed by atoms with Crippen molar-refractivity contribution in [3.05, 3.63) is 23.0 Å². The van der Waals surface area contributed by atoms with Crippen LogP contribution in [0.2, 0.25) is 5.02 Å². The zero-order valence-corrected chi connectivity index (χ0v) is 20.2. The number of amides is 1. The van der Waals surface area contributed by atoms with Gasteiger partial charge in [-0.25, -0.2) is 9.78 Å². The summed E-state index contributed by atoms with van der Waals surface area (Å²) in [5.41, 5.74) is 0.994. The lowest BCUT2D eigenvalue weighted by Crippen LogP contribution is -2.49. The van der Waals surface area contributed by atoms with E-state index < -0.39 is 5.60 Å². The molecule has 1 aromatic heterocycles. The molecule has 0 unspecified atom stereocenters. The minimum atomic E-state index is -0.470. The van der Waals surface area contributed by atoms with Crippen LogP contribution >= 0.6 is 23.4 Å². The molecule has 7 heteroatoms. The van der Waals surface area contributed by atoms with Gasteiger partial charge in [0.1, 0.15) is 11.1 Å². The number of nitrogens with zero attached hydrogens (tertiary/aromatic N) is 2. The van der Waals surface area contributed by atoms with E-state index >= 15 is 0 Å². The molecular formula is C23H31ClN2O3S. The fourth-order valence-electron chi connectivity index (χ4n) is 4.38. The Morgan fingerprint density at radius 3 is 2.37 bits per heavy atom. The molecule has 2 bridgehead atoms. The van der Waals surface area contributed by atoms with Crippen molar-refractivity contribution in [2.75, 3.05) is 0 Å². The number of aromatic nitrogens is 1. The van der Waals surface area contributed by atoms with Gasteiger partial charge in [0.2, 0.25) is 5.89 Å². The summed E-state index contributed by atoms with van der Waals surface area (Å²) in [4.78, 5) is 20.3. The number of benzene rings is 1. The molecule has 3 atom stereocenters. The number of carbonyl (C=O) groups excluding carboxylic acids is 1. The van der Waals surface area contributed by atoms with Gasteiger partial charge in [0, 0.05) is 22.7 Å². The van der Waals surface area contributed by atoms with E-state index in [9.17, 15) is 4.79 Å². The van der Waals surface area contributed by atoms with Crippen molar-refractivity contribution in [2.24, 2.45) is 0 Å². The van der Waals surface area contributed by atoms with E-state index in [0.717, 1.165) is 47.6 Å². The van der Waals surface area contributed by atoms with Gasteiger partial charge in [-0.2, -0.15) is 0 Å². The van der Waals surface area contributed by atoms with E-state index in [1.807, 2.05) is 37.8 Å². The molecule has 30 heavy (non-hydrogen) atoms. The predicted molar refractivity (Wildman–Crippen MR) is 121 cm³/mol. The molecule has 0 spiro atoms. The Kier molecular flexibility index (Phi) is 5.55. The monoisotopic (exact) mass is 450 g/mol. The Balaban J connectivity index is 1.54. The van der Waals surface area contributed by atoms with Crippen molar-refractivity contribution in [1.82, 2.24) is 9.88 Å². The van der Waals surface area contributed by atoms with Crippen LogP contribution in [0, 0.1) is 0 Å². The average Bonchev–Trinajstić information content (AvgIpc) is 3.15. The smallest absolute Gasteiger partial charge is 0.410 e. The Bertz CT molecular complexity index is 946. The summed E-state index contributed by atoms with van der Waals surface area (Å²) in [6.45, 7) is 12.0. The van der Waals surface area contributed by atoms with Gasteiger partial charge >= 0.3 is 6.09 Å². The Labute approximate surface area is 187 Å². The molecule has 2 aliphatic heterocycles. The molecular weight excluding hydrogens is 420 g/mol. The second kappa shape index (κ2) is 7.63. The zero-order chi connectivity index (χ0) is 21.8. The normalized spacial score (nSPS) is 24.5. The van der Waals surface area contributed by atoms with Crippen LogP contribution in [0.5, 0.6) is 0 Å². The highest BCUT2D eigenvalue weighted by atomic mass is 35.5. The van der Waals surface area contributed by atoms with Crippen molar-refractivity contribution >= 4 is 40.6 Å². The van der Waals surface area contributed by atoms with Crippen LogP contribution in [-0.4, -0.2) is 38.9 Å². The molecule has 2 saturated heterocycles. The SMILES string of the molecule is CC(C)(C)OC(=O)N1[C@@H]2CC[C@H]1C[C@H](Sc1c(Cl)ccc3nc(C(C)(C)C)oc13)C2. The molecule has 2 aromatic rings. The number of fused-ring (bicyclic) bond motifs is 3. The van der Waals surface area contributed by atoms with Gasteiger partial charge in [-0.1, -0.05) is 32.4 Å². The van der Waals surface area contributed by atoms with Gasteiger partial charge in [0.05, 0.1) is 9.92 Å². The molecule has 1 amide bonds. The van der Waals surface area contributed by atoms with Gasteiger partial charge in [0.25, 0.3) is 0 Å². The maximum Gasteiger partial charge on any atom is 0.410 e. The van der Waals surface area contributed by atoms with Crippen LogP contribution < -0.4 is 0 Å². The lowest BCUT2D eigenvalue weighted by Gasteiger charge is -2.39. The van der Waals surface area contributed by atoms with Crippen molar-refractivity contribution in [3.63, 3.8) is 0 Å². The number of rotatable bonds is 2. The van der Waals surface area contributed by atoms with Crippen LogP contribution in [0.15, 0.2) is 21.4 Å². The van der Waals surface area contributed by atoms with Gasteiger partial charge in [-0.05, 0) is 58.6 Å². The van der Waals surface area contributed by atoms with E-state index in [1.54, 1.807) is 11.8 Å². The molecule has 164 valence electrons. The second-order valence-corrected chi connectivity index (χ2v) is 12.2. The van der Waals surface area contributed by atoms with Crippen LogP contribution in [-0.2, 0) is 10.2 Å². The molecule has 3 heterocycles. The maximum absolute atomic E-state index is 12.7. The molecule has 0 N–H and O–H groups in total. The second-order valence-electron chi connectivity index (χ2n) is 10.5. The lowest BCUT2D eigenvalue weighted by atomic mass is 9.97. The summed E-state index contributed by atoms with van der Waals surface area (Å²) in [6, 6.07) is 4.30. The number of thioether (sulfide) groups is 1. The van der Waals surface area contributed by atoms with Crippen LogP contribution in [0.4, 0.5) is 4.79 Å². The molecule has 4 rings (SSSR count). The molecule has 5 nitrogen and oxygen atoms in total. The number of carbonyl (C=O) groups is 1. The highest BCUT2D eigenvalue weighted by Gasteiger charge is 2.45. The van der Waals surface area contributed by atoms with Crippen LogP contribution in [0.25, 0.3) is 11.1 Å². The largest absolute Gasteiger partial charge is 0.444 e. The average molecular weight is 451 g/mol. The van der Waals surface area contributed by atoms with Crippen molar-refractivity contribution in [2.45, 2.75) is 100 Å². The third-order valence-corrected chi connectivity index (χ3v) is 7.47. The number of halogens is 1. The minimum Gasteiger partial charge on any atom is -0.444 e. The van der Waals surface area contributed by atoms with Crippen LogP contribution in [0.3, 0.4) is 0 Å². The topological polar surface area (TPSA) is 55.6 Å². The van der Waals surface area contributed by atoms with E-state index in [4.69, 9.17) is 20.8 Å². The molecule has 0 aliphatic carbocycles. The molecule has 0 radical (unpaired) electrons. The van der Waals surface area contributed by atoms with E-state index in [0.29, 0.717) is 10.3 Å². The molecule has 2 fully saturated rings. The summed E-state index contributed by atoms with van der Waals surface area (Å²) in [6.07, 6.45) is 3.77. The highest BCUT2D eigenvalue weighted by Crippen LogP contribution is 2.46. The van der Waals surface area contributed by atoms with E-state index in [1.165, 1.54) is 0 Å². The van der Waals surface area contributed by atoms with Crippen LogP contribution in [0.1, 0.15) is 73.1 Å². The number of piperidine rings is 1. The lowest BCUT2D eigenvalue weighted by molar-refractivity contribution is 0.00842. The number of hydrogen-bond acceptors (Lipinski definition) is 5. The first-order valence-electron chi connectivity index (χ1n) is 10.7. The molecule has 2 aliphatic rings. The first kappa shape index (κ1) is 21.8. The quantitative estimate of drug-likeness (QED) is 0.503. The predicted octanol–water partition coefficient (Wildman–Crippen LogP) is 6.80.